The summed E-state index contributed by atoms with van der Waals surface area (Å²) >= 11 is 0. The standard InChI is InChI=1S/C25H16F3N3O5S/c1-15-13-16(14-30-22(15)24(32)33)8-9-17-5-2-3-7-19(17)31-37(34,35)21-11-10-20(36-25(26,27)28)18-6-4-12-29-23(18)21/h2-7,10-14,31H,1H3,(H,32,33). The zero-order chi connectivity index (χ0) is 26.8. The molecule has 188 valence electrons. The van der Waals surface area contributed by atoms with Crippen molar-refractivity contribution in [2.45, 2.75) is 18.2 Å². The van der Waals surface area contributed by atoms with Crippen LogP contribution in [0.25, 0.3) is 10.9 Å². The van der Waals surface area contributed by atoms with Crippen molar-refractivity contribution in [1.29, 1.82) is 0 Å². The Morgan fingerprint density at radius 1 is 1.05 bits per heavy atom. The van der Waals surface area contributed by atoms with Crippen LogP contribution in [0.5, 0.6) is 5.75 Å². The van der Waals surface area contributed by atoms with Crippen LogP contribution in [0.1, 0.15) is 27.2 Å². The van der Waals surface area contributed by atoms with E-state index in [4.69, 9.17) is 5.11 Å². The predicted molar refractivity (Wildman–Crippen MR) is 128 cm³/mol. The van der Waals surface area contributed by atoms with Gasteiger partial charge in [0.25, 0.3) is 10.0 Å². The zero-order valence-electron chi connectivity index (χ0n) is 18.9. The lowest BCUT2D eigenvalue weighted by atomic mass is 10.1. The van der Waals surface area contributed by atoms with Gasteiger partial charge in [-0.15, -0.1) is 13.2 Å². The first kappa shape index (κ1) is 25.5. The van der Waals surface area contributed by atoms with Gasteiger partial charge >= 0.3 is 12.3 Å². The third-order valence-electron chi connectivity index (χ3n) is 5.00. The number of para-hydroxylation sites is 1. The molecule has 0 aliphatic rings. The van der Waals surface area contributed by atoms with Gasteiger partial charge in [0.15, 0.2) is 5.69 Å². The van der Waals surface area contributed by atoms with E-state index in [0.29, 0.717) is 16.7 Å². The summed E-state index contributed by atoms with van der Waals surface area (Å²) in [6, 6.07) is 12.3. The van der Waals surface area contributed by atoms with Gasteiger partial charge in [-0.1, -0.05) is 24.0 Å². The SMILES string of the molecule is Cc1cc(C#Cc2ccccc2NS(=O)(=O)c2ccc(OC(F)(F)F)c3cccnc23)cnc1C(=O)O. The summed E-state index contributed by atoms with van der Waals surface area (Å²) in [5.41, 5.74) is 0.912. The maximum absolute atomic E-state index is 13.3. The molecule has 4 rings (SSSR count). The molecule has 0 saturated carbocycles. The molecule has 2 heterocycles. The molecule has 0 bridgehead atoms. The molecular formula is C25H16F3N3O5S. The van der Waals surface area contributed by atoms with Crippen LogP contribution in [0.15, 0.2) is 71.9 Å². The maximum atomic E-state index is 13.3. The molecule has 0 aliphatic carbocycles. The van der Waals surface area contributed by atoms with Crippen LogP contribution >= 0.6 is 0 Å². The fourth-order valence-electron chi connectivity index (χ4n) is 3.44. The predicted octanol–water partition coefficient (Wildman–Crippen LogP) is 4.74. The summed E-state index contributed by atoms with van der Waals surface area (Å²) < 4.78 is 71.3. The normalized spacial score (nSPS) is 11.5. The van der Waals surface area contributed by atoms with Gasteiger partial charge in [0.1, 0.15) is 10.6 Å². The van der Waals surface area contributed by atoms with Crippen molar-refractivity contribution in [3.63, 3.8) is 0 Å². The second kappa shape index (κ2) is 9.79. The summed E-state index contributed by atoms with van der Waals surface area (Å²) in [5.74, 6) is 3.89. The van der Waals surface area contributed by atoms with Gasteiger partial charge < -0.3 is 9.84 Å². The number of halogens is 3. The number of rotatable bonds is 5. The Hall–Kier alpha value is -4.63. The number of ether oxygens (including phenoxy) is 1. The number of aromatic carboxylic acids is 1. The topological polar surface area (TPSA) is 118 Å². The lowest BCUT2D eigenvalue weighted by Gasteiger charge is -2.14. The molecule has 2 aromatic carbocycles. The van der Waals surface area contributed by atoms with E-state index < -0.39 is 28.1 Å². The Bertz CT molecular complexity index is 1690. The van der Waals surface area contributed by atoms with E-state index in [1.54, 1.807) is 31.2 Å². The fourth-order valence-corrected chi connectivity index (χ4v) is 4.68. The minimum Gasteiger partial charge on any atom is -0.477 e. The van der Waals surface area contributed by atoms with E-state index in [0.717, 1.165) is 12.1 Å². The number of sulfonamides is 1. The summed E-state index contributed by atoms with van der Waals surface area (Å²) in [6.07, 6.45) is -2.43. The molecule has 0 aliphatic heterocycles. The minimum atomic E-state index is -4.97. The monoisotopic (exact) mass is 527 g/mol. The number of carboxylic acids is 1. The molecule has 0 saturated heterocycles. The number of hydrogen-bond donors (Lipinski definition) is 2. The number of fused-ring (bicyclic) bond motifs is 1. The molecule has 0 atom stereocenters. The first-order valence-corrected chi connectivity index (χ1v) is 11.9. The van der Waals surface area contributed by atoms with Gasteiger partial charge in [0.2, 0.25) is 0 Å². The summed E-state index contributed by atoms with van der Waals surface area (Å²) in [4.78, 5) is 18.6. The molecule has 2 aromatic heterocycles. The van der Waals surface area contributed by atoms with Crippen molar-refractivity contribution in [2.75, 3.05) is 4.72 Å². The van der Waals surface area contributed by atoms with Gasteiger partial charge in [-0.05, 0) is 55.0 Å². The van der Waals surface area contributed by atoms with Crippen molar-refractivity contribution in [3.05, 3.63) is 89.4 Å². The van der Waals surface area contributed by atoms with Crippen LogP contribution in [0.3, 0.4) is 0 Å². The zero-order valence-corrected chi connectivity index (χ0v) is 19.7. The van der Waals surface area contributed by atoms with Crippen molar-refractivity contribution in [2.24, 2.45) is 0 Å². The molecule has 12 heteroatoms. The van der Waals surface area contributed by atoms with Gasteiger partial charge in [0.05, 0.1) is 11.2 Å². The highest BCUT2D eigenvalue weighted by Crippen LogP contribution is 2.34. The van der Waals surface area contributed by atoms with Crippen LogP contribution in [-0.2, 0) is 10.0 Å². The van der Waals surface area contributed by atoms with Crippen LogP contribution in [0, 0.1) is 18.8 Å². The van der Waals surface area contributed by atoms with Crippen LogP contribution in [0.2, 0.25) is 0 Å². The maximum Gasteiger partial charge on any atom is 0.573 e. The molecule has 0 radical (unpaired) electrons. The molecule has 37 heavy (non-hydrogen) atoms. The van der Waals surface area contributed by atoms with Gasteiger partial charge in [-0.25, -0.2) is 18.2 Å². The average Bonchev–Trinajstić information content (AvgIpc) is 2.82. The lowest BCUT2D eigenvalue weighted by molar-refractivity contribution is -0.274. The Labute approximate surface area is 208 Å². The number of hydrogen-bond acceptors (Lipinski definition) is 6. The Morgan fingerprint density at radius 3 is 2.51 bits per heavy atom. The lowest BCUT2D eigenvalue weighted by Crippen LogP contribution is -2.18. The van der Waals surface area contributed by atoms with Crippen molar-refractivity contribution in [1.82, 2.24) is 9.97 Å². The number of pyridine rings is 2. The van der Waals surface area contributed by atoms with E-state index >= 15 is 0 Å². The number of anilines is 1. The minimum absolute atomic E-state index is 0.105. The van der Waals surface area contributed by atoms with E-state index in [1.165, 1.54) is 30.6 Å². The number of benzene rings is 2. The van der Waals surface area contributed by atoms with Gasteiger partial charge in [-0.2, -0.15) is 0 Å². The number of nitrogens with one attached hydrogen (secondary N) is 1. The second-order valence-corrected chi connectivity index (χ2v) is 9.26. The van der Waals surface area contributed by atoms with Gasteiger partial charge in [-0.3, -0.25) is 9.71 Å². The number of carboxylic acid groups (broad SMARTS) is 1. The van der Waals surface area contributed by atoms with E-state index in [2.05, 4.69) is 31.3 Å². The largest absolute Gasteiger partial charge is 0.573 e. The molecular weight excluding hydrogens is 511 g/mol. The third-order valence-corrected chi connectivity index (χ3v) is 6.40. The summed E-state index contributed by atoms with van der Waals surface area (Å²) in [5, 5.41) is 8.97. The Morgan fingerprint density at radius 2 is 1.81 bits per heavy atom. The smallest absolute Gasteiger partial charge is 0.477 e. The number of nitrogens with zero attached hydrogens (tertiary/aromatic N) is 2. The highest BCUT2D eigenvalue weighted by Gasteiger charge is 2.32. The number of carbonyl (C=O) groups is 1. The van der Waals surface area contributed by atoms with Crippen LogP contribution in [0.4, 0.5) is 18.9 Å². The number of alkyl halides is 3. The molecule has 2 N–H and O–H groups in total. The quantitative estimate of drug-likeness (QED) is 0.360. The fraction of sp³-hybridized carbons (Fsp3) is 0.0800. The summed E-state index contributed by atoms with van der Waals surface area (Å²) in [7, 11) is -4.32. The highest BCUT2D eigenvalue weighted by molar-refractivity contribution is 7.93. The molecule has 4 aromatic rings. The number of aromatic nitrogens is 2. The van der Waals surface area contributed by atoms with Crippen molar-refractivity contribution in [3.8, 4) is 17.6 Å². The molecule has 0 spiro atoms. The Kier molecular flexibility index (Phi) is 6.74. The highest BCUT2D eigenvalue weighted by atomic mass is 32.2. The van der Waals surface area contributed by atoms with Crippen molar-refractivity contribution >= 4 is 32.6 Å². The van der Waals surface area contributed by atoms with Crippen LogP contribution in [-0.4, -0.2) is 35.8 Å². The van der Waals surface area contributed by atoms with E-state index in [-0.39, 0.29) is 27.2 Å². The summed E-state index contributed by atoms with van der Waals surface area (Å²) in [6.45, 7) is 1.58. The average molecular weight is 527 g/mol. The molecule has 0 unspecified atom stereocenters. The first-order chi connectivity index (χ1) is 17.4. The number of aryl methyl sites for hydroxylation is 1. The van der Waals surface area contributed by atoms with Crippen molar-refractivity contribution < 1.29 is 36.2 Å². The third kappa shape index (κ3) is 5.79. The van der Waals surface area contributed by atoms with E-state index in [9.17, 15) is 26.4 Å². The molecule has 8 nitrogen and oxygen atoms in total. The Balaban J connectivity index is 1.70. The van der Waals surface area contributed by atoms with E-state index in [1.807, 2.05) is 0 Å². The second-order valence-electron chi connectivity index (χ2n) is 7.60. The van der Waals surface area contributed by atoms with Crippen LogP contribution < -0.4 is 9.46 Å². The van der Waals surface area contributed by atoms with Gasteiger partial charge in [0, 0.05) is 28.9 Å². The first-order valence-electron chi connectivity index (χ1n) is 10.4. The molecule has 0 amide bonds. The molecule has 0 fully saturated rings.